The quantitative estimate of drug-likeness (QED) is 0.182. The third-order valence-corrected chi connectivity index (χ3v) is 39.2. The van der Waals surface area contributed by atoms with Crippen LogP contribution < -0.4 is 0 Å². The van der Waals surface area contributed by atoms with Crippen molar-refractivity contribution in [1.82, 2.24) is 0 Å². The van der Waals surface area contributed by atoms with Gasteiger partial charge in [-0.1, -0.05) is 0 Å². The molecule has 0 saturated heterocycles. The van der Waals surface area contributed by atoms with Gasteiger partial charge in [0, 0.05) is 0 Å². The molecule has 0 bridgehead atoms. The normalized spacial score (nSPS) is 19.4. The Bertz CT molecular complexity index is 1790. The fourth-order valence-electron chi connectivity index (χ4n) is 8.80. The van der Waals surface area contributed by atoms with Gasteiger partial charge in [0.25, 0.3) is 0 Å². The second-order valence-electron chi connectivity index (χ2n) is 17.0. The predicted molar refractivity (Wildman–Crippen MR) is 195 cm³/mol. The third-order valence-electron chi connectivity index (χ3n) is 12.0. The number of fused-ring (bicyclic) bond motifs is 2. The molecule has 4 aromatic rings. The van der Waals surface area contributed by atoms with E-state index in [2.05, 4.69) is 160 Å². The van der Waals surface area contributed by atoms with Crippen molar-refractivity contribution in [3.05, 3.63) is 130 Å². The van der Waals surface area contributed by atoms with E-state index in [-0.39, 0.29) is 10.8 Å². The zero-order chi connectivity index (χ0) is 31.8. The summed E-state index contributed by atoms with van der Waals surface area (Å²) in [5.74, 6) is 0. The summed E-state index contributed by atoms with van der Waals surface area (Å²) in [4.78, 5) is 0. The van der Waals surface area contributed by atoms with E-state index in [0.29, 0.717) is 7.35 Å². The van der Waals surface area contributed by atoms with E-state index >= 15 is 0 Å². The molecule has 1 saturated carbocycles. The van der Waals surface area contributed by atoms with Gasteiger partial charge in [0.15, 0.2) is 0 Å². The molecule has 1 fully saturated rings. The van der Waals surface area contributed by atoms with Gasteiger partial charge < -0.3 is 0 Å². The monoisotopic (exact) mass is 758 g/mol. The molecule has 0 amide bonds. The van der Waals surface area contributed by atoms with E-state index in [1.165, 1.54) is 63.8 Å². The molecule has 0 N–H and O–H groups in total. The summed E-state index contributed by atoms with van der Waals surface area (Å²) >= 11 is -3.87. The SMILES string of the molecule is CC(C)(C)c1ccc(-c2cccc3c2C=C[CH]3[Hf]([CH3])([CH3])(=[C]2CCC2)[CH]2C=Cc3c(-c4ccc(C(C)(C)C)cc4)cccc32)cc1. The Morgan fingerprint density at radius 2 is 0.933 bits per heavy atom. The van der Waals surface area contributed by atoms with Crippen LogP contribution in [0.3, 0.4) is 0 Å². The van der Waals surface area contributed by atoms with Crippen LogP contribution in [0.25, 0.3) is 34.4 Å². The van der Waals surface area contributed by atoms with Crippen LogP contribution in [0, 0.1) is 0 Å². The molecular formula is C44H50Hf. The molecule has 0 heterocycles. The average molecular weight is 757 g/mol. The number of hydrogen-bond acceptors (Lipinski definition) is 0. The second kappa shape index (κ2) is 10.6. The van der Waals surface area contributed by atoms with Gasteiger partial charge >= 0.3 is 274 Å². The Balaban J connectivity index is 1.32. The van der Waals surface area contributed by atoms with Crippen molar-refractivity contribution in [3.63, 3.8) is 0 Å². The van der Waals surface area contributed by atoms with E-state index in [4.69, 9.17) is 0 Å². The van der Waals surface area contributed by atoms with Gasteiger partial charge in [-0.15, -0.1) is 0 Å². The van der Waals surface area contributed by atoms with Gasteiger partial charge in [-0.05, 0) is 0 Å². The van der Waals surface area contributed by atoms with Crippen molar-refractivity contribution < 1.29 is 18.0 Å². The summed E-state index contributed by atoms with van der Waals surface area (Å²) in [5.41, 5.74) is 14.6. The molecule has 230 valence electrons. The van der Waals surface area contributed by atoms with Crippen LogP contribution in [-0.2, 0) is 28.8 Å². The van der Waals surface area contributed by atoms with Crippen LogP contribution in [-0.4, -0.2) is 3.26 Å². The molecule has 0 aliphatic heterocycles. The van der Waals surface area contributed by atoms with Crippen LogP contribution in [0.15, 0.2) is 97.1 Å². The number of rotatable bonds is 4. The van der Waals surface area contributed by atoms with Crippen molar-refractivity contribution in [3.8, 4) is 22.3 Å². The zero-order valence-electron chi connectivity index (χ0n) is 28.7. The van der Waals surface area contributed by atoms with Gasteiger partial charge in [0.2, 0.25) is 0 Å². The standard InChI is InChI=1S/2C19H19.C4H6.2CH3.Hf/c2*1-19(2,3)16-12-10-15(11-13-16)18-9-5-7-14-6-4-8-17(14)18;1-2-4-3-1;;;/h2*4-13H,1-3H3;1-3H2;2*1H3;. The summed E-state index contributed by atoms with van der Waals surface area (Å²) in [6, 6.07) is 32.9. The van der Waals surface area contributed by atoms with Crippen LogP contribution in [0.2, 0.25) is 9.36 Å². The summed E-state index contributed by atoms with van der Waals surface area (Å²) in [6.07, 6.45) is 14.3. The number of benzene rings is 4. The Kier molecular flexibility index (Phi) is 7.22. The van der Waals surface area contributed by atoms with E-state index in [0.717, 1.165) is 0 Å². The molecule has 2 atom stereocenters. The first kappa shape index (κ1) is 30.7. The fraction of sp³-hybridized carbons (Fsp3) is 0.341. The maximum absolute atomic E-state index is 3.87. The second-order valence-corrected chi connectivity index (χ2v) is 42.8. The maximum atomic E-state index is 2.81. The van der Waals surface area contributed by atoms with E-state index < -0.39 is 18.0 Å². The first-order valence-electron chi connectivity index (χ1n) is 17.2. The fourth-order valence-corrected chi connectivity index (χ4v) is 33.9. The third kappa shape index (κ3) is 4.91. The van der Waals surface area contributed by atoms with Gasteiger partial charge in [-0.25, -0.2) is 0 Å². The molecule has 7 rings (SSSR count). The number of hydrogen-bond donors (Lipinski definition) is 0. The number of allylic oxidation sites excluding steroid dienone is 2. The van der Waals surface area contributed by atoms with Crippen molar-refractivity contribution in [1.29, 1.82) is 0 Å². The van der Waals surface area contributed by atoms with Crippen molar-refractivity contribution in [2.45, 2.75) is 88.3 Å². The van der Waals surface area contributed by atoms with Crippen LogP contribution >= 0.6 is 0 Å². The molecule has 4 aromatic carbocycles. The molecule has 0 radical (unpaired) electrons. The van der Waals surface area contributed by atoms with Crippen molar-refractivity contribution in [2.75, 3.05) is 0 Å². The van der Waals surface area contributed by atoms with E-state index in [1.54, 1.807) is 11.1 Å². The Labute approximate surface area is 272 Å². The van der Waals surface area contributed by atoms with Gasteiger partial charge in [-0.3, -0.25) is 0 Å². The Morgan fingerprint density at radius 1 is 0.533 bits per heavy atom. The van der Waals surface area contributed by atoms with Crippen molar-refractivity contribution in [2.24, 2.45) is 0 Å². The van der Waals surface area contributed by atoms with Crippen LogP contribution in [0.5, 0.6) is 0 Å². The Morgan fingerprint density at radius 3 is 1.27 bits per heavy atom. The average Bonchev–Trinajstić information content (AvgIpc) is 3.61. The van der Waals surface area contributed by atoms with Gasteiger partial charge in [0.05, 0.1) is 0 Å². The summed E-state index contributed by atoms with van der Waals surface area (Å²) < 4.78 is 8.62. The minimum absolute atomic E-state index is 0.161. The van der Waals surface area contributed by atoms with Gasteiger partial charge in [0.1, 0.15) is 0 Å². The molecule has 45 heavy (non-hydrogen) atoms. The first-order valence-corrected chi connectivity index (χ1v) is 30.3. The molecule has 0 aromatic heterocycles. The van der Waals surface area contributed by atoms with Gasteiger partial charge in [-0.2, -0.15) is 0 Å². The predicted octanol–water partition coefficient (Wildman–Crippen LogP) is 12.6. The topological polar surface area (TPSA) is 0 Å². The summed E-state index contributed by atoms with van der Waals surface area (Å²) in [6.45, 7) is 13.8. The summed E-state index contributed by atoms with van der Waals surface area (Å²) in [7, 11) is 0. The summed E-state index contributed by atoms with van der Waals surface area (Å²) in [5, 5.41) is 0. The van der Waals surface area contributed by atoms with Crippen LogP contribution in [0.4, 0.5) is 0 Å². The van der Waals surface area contributed by atoms with E-state index in [1.807, 2.05) is 3.26 Å². The minimum atomic E-state index is -3.87. The molecular weight excluding hydrogens is 707 g/mol. The molecule has 0 nitrogen and oxygen atoms in total. The molecule has 0 spiro atoms. The van der Waals surface area contributed by atoms with Crippen molar-refractivity contribution >= 4 is 15.4 Å². The molecule has 3 aliphatic rings. The molecule has 3 aliphatic carbocycles. The van der Waals surface area contributed by atoms with Crippen LogP contribution in [0.1, 0.15) is 102 Å². The molecule has 2 unspecified atom stereocenters. The Hall–Kier alpha value is -2.90. The first-order chi connectivity index (χ1) is 21.3. The van der Waals surface area contributed by atoms with E-state index in [9.17, 15) is 0 Å². The molecule has 1 heteroatoms. The zero-order valence-corrected chi connectivity index (χ0v) is 32.3.